The molecule has 0 N–H and O–H groups in total. The second-order valence-electron chi connectivity index (χ2n) is 6.58. The van der Waals surface area contributed by atoms with Gasteiger partial charge in [0.2, 0.25) is 0 Å². The summed E-state index contributed by atoms with van der Waals surface area (Å²) in [4.78, 5) is 4.02. The zero-order chi connectivity index (χ0) is 16.7. The lowest BCUT2D eigenvalue weighted by Gasteiger charge is -2.23. The molecular weight excluding hydrogens is 330 g/mol. The van der Waals surface area contributed by atoms with E-state index in [1.807, 2.05) is 10.7 Å². The van der Waals surface area contributed by atoms with Crippen LogP contribution in [0.25, 0.3) is 0 Å². The molecule has 4 rings (SSSR count). The smallest absolute Gasteiger partial charge is 0.262 e. The molecule has 2 aliphatic rings. The van der Waals surface area contributed by atoms with Gasteiger partial charge in [-0.2, -0.15) is 9.40 Å². The molecule has 0 aromatic carbocycles. The number of nitrogens with zero attached hydrogens (tertiary/aromatic N) is 5. The van der Waals surface area contributed by atoms with Gasteiger partial charge in [-0.25, -0.2) is 13.4 Å². The van der Waals surface area contributed by atoms with Crippen molar-refractivity contribution in [3.63, 3.8) is 0 Å². The van der Waals surface area contributed by atoms with Crippen molar-refractivity contribution in [1.82, 2.24) is 23.6 Å². The van der Waals surface area contributed by atoms with Crippen LogP contribution in [0.1, 0.15) is 18.5 Å². The number of ether oxygens (including phenoxy) is 1. The van der Waals surface area contributed by atoms with Crippen LogP contribution in [-0.2, 0) is 34.9 Å². The van der Waals surface area contributed by atoms with Crippen molar-refractivity contribution < 1.29 is 13.2 Å². The van der Waals surface area contributed by atoms with E-state index in [-0.39, 0.29) is 17.7 Å². The number of aromatic nitrogens is 4. The van der Waals surface area contributed by atoms with Crippen LogP contribution in [0.15, 0.2) is 29.8 Å². The van der Waals surface area contributed by atoms with E-state index in [0.717, 1.165) is 5.69 Å². The SMILES string of the molecule is Cn1cnc(S(=O)(=O)N2Cc3ccnn3C[C@@H](OCC3CC3)C2)c1. The van der Waals surface area contributed by atoms with Crippen LogP contribution in [-0.4, -0.2) is 51.3 Å². The Morgan fingerprint density at radius 2 is 2.17 bits per heavy atom. The molecule has 0 unspecified atom stereocenters. The van der Waals surface area contributed by atoms with Gasteiger partial charge in [0.25, 0.3) is 10.0 Å². The molecule has 9 heteroatoms. The molecule has 130 valence electrons. The molecule has 3 heterocycles. The number of hydrogen-bond acceptors (Lipinski definition) is 5. The highest BCUT2D eigenvalue weighted by Crippen LogP contribution is 2.30. The maximum Gasteiger partial charge on any atom is 0.262 e. The monoisotopic (exact) mass is 351 g/mol. The van der Waals surface area contributed by atoms with Crippen molar-refractivity contribution in [3.8, 4) is 0 Å². The van der Waals surface area contributed by atoms with Crippen LogP contribution in [0, 0.1) is 5.92 Å². The van der Waals surface area contributed by atoms with Gasteiger partial charge < -0.3 is 9.30 Å². The first-order valence-electron chi connectivity index (χ1n) is 8.13. The van der Waals surface area contributed by atoms with E-state index in [2.05, 4.69) is 10.1 Å². The first-order chi connectivity index (χ1) is 11.5. The maximum atomic E-state index is 12.9. The fourth-order valence-corrected chi connectivity index (χ4v) is 4.29. The minimum Gasteiger partial charge on any atom is -0.375 e. The largest absolute Gasteiger partial charge is 0.375 e. The van der Waals surface area contributed by atoms with Gasteiger partial charge in [-0.1, -0.05) is 0 Å². The van der Waals surface area contributed by atoms with Crippen molar-refractivity contribution in [2.45, 2.75) is 37.1 Å². The third kappa shape index (κ3) is 3.11. The topological polar surface area (TPSA) is 82.3 Å². The summed E-state index contributed by atoms with van der Waals surface area (Å²) in [6, 6.07) is 1.85. The van der Waals surface area contributed by atoms with Crippen LogP contribution < -0.4 is 0 Å². The number of imidazole rings is 1. The normalized spacial score (nSPS) is 22.3. The zero-order valence-corrected chi connectivity index (χ0v) is 14.4. The Morgan fingerprint density at radius 3 is 2.88 bits per heavy atom. The van der Waals surface area contributed by atoms with Gasteiger partial charge in [0, 0.05) is 32.6 Å². The summed E-state index contributed by atoms with van der Waals surface area (Å²) in [5, 5.41) is 4.37. The fourth-order valence-electron chi connectivity index (χ4n) is 2.88. The van der Waals surface area contributed by atoms with E-state index >= 15 is 0 Å². The van der Waals surface area contributed by atoms with Crippen molar-refractivity contribution in [3.05, 3.63) is 30.5 Å². The summed E-state index contributed by atoms with van der Waals surface area (Å²) in [6.45, 7) is 1.86. The predicted molar refractivity (Wildman–Crippen MR) is 85.5 cm³/mol. The molecule has 24 heavy (non-hydrogen) atoms. The summed E-state index contributed by atoms with van der Waals surface area (Å²) in [6.07, 6.45) is 6.92. The Morgan fingerprint density at radius 1 is 1.33 bits per heavy atom. The second kappa shape index (κ2) is 5.98. The second-order valence-corrected chi connectivity index (χ2v) is 8.46. The average molecular weight is 351 g/mol. The first-order valence-corrected chi connectivity index (χ1v) is 9.57. The molecule has 0 amide bonds. The molecular formula is C15H21N5O3S. The van der Waals surface area contributed by atoms with Crippen molar-refractivity contribution in [2.75, 3.05) is 13.2 Å². The molecule has 0 radical (unpaired) electrons. The number of fused-ring (bicyclic) bond motifs is 1. The summed E-state index contributed by atoms with van der Waals surface area (Å²) < 4.78 is 36.8. The van der Waals surface area contributed by atoms with Crippen molar-refractivity contribution >= 4 is 10.0 Å². The van der Waals surface area contributed by atoms with Gasteiger partial charge in [-0.05, 0) is 24.8 Å². The van der Waals surface area contributed by atoms with Crippen LogP contribution in [0.2, 0.25) is 0 Å². The number of rotatable bonds is 5. The third-order valence-corrected chi connectivity index (χ3v) is 6.17. The molecule has 1 aliphatic carbocycles. The maximum absolute atomic E-state index is 12.9. The molecule has 0 spiro atoms. The summed E-state index contributed by atoms with van der Waals surface area (Å²) in [5.74, 6) is 0.631. The highest BCUT2D eigenvalue weighted by atomic mass is 32.2. The van der Waals surface area contributed by atoms with Gasteiger partial charge in [-0.3, -0.25) is 4.68 Å². The molecule has 1 aliphatic heterocycles. The minimum atomic E-state index is -3.66. The first kappa shape index (κ1) is 15.8. The van der Waals surface area contributed by atoms with Crippen LogP contribution >= 0.6 is 0 Å². The van der Waals surface area contributed by atoms with Crippen LogP contribution in [0.5, 0.6) is 0 Å². The molecule has 1 fully saturated rings. The van der Waals surface area contributed by atoms with E-state index in [0.29, 0.717) is 25.6 Å². The number of sulfonamides is 1. The van der Waals surface area contributed by atoms with E-state index in [9.17, 15) is 8.42 Å². The lowest BCUT2D eigenvalue weighted by Crippen LogP contribution is -2.37. The lowest BCUT2D eigenvalue weighted by atomic mass is 10.3. The van der Waals surface area contributed by atoms with E-state index in [1.165, 1.54) is 29.7 Å². The third-order valence-electron chi connectivity index (χ3n) is 4.48. The zero-order valence-electron chi connectivity index (χ0n) is 13.6. The highest BCUT2D eigenvalue weighted by molar-refractivity contribution is 7.89. The van der Waals surface area contributed by atoms with E-state index < -0.39 is 10.0 Å². The van der Waals surface area contributed by atoms with E-state index in [4.69, 9.17) is 4.74 Å². The van der Waals surface area contributed by atoms with Crippen molar-refractivity contribution in [1.29, 1.82) is 0 Å². The quantitative estimate of drug-likeness (QED) is 0.788. The van der Waals surface area contributed by atoms with Gasteiger partial charge in [0.15, 0.2) is 5.03 Å². The molecule has 1 atom stereocenters. The number of hydrogen-bond donors (Lipinski definition) is 0. The van der Waals surface area contributed by atoms with Crippen LogP contribution in [0.4, 0.5) is 0 Å². The standard InChI is InChI=1S/C15H21N5O3S/c1-18-9-15(16-11-18)24(21,22)19-6-13-4-5-17-20(13)8-14(7-19)23-10-12-2-3-12/h4-5,9,11-12,14H,2-3,6-8,10H2,1H3/t14-/m0/s1. The molecule has 1 saturated carbocycles. The molecule has 0 saturated heterocycles. The van der Waals surface area contributed by atoms with Crippen molar-refractivity contribution in [2.24, 2.45) is 13.0 Å². The van der Waals surface area contributed by atoms with Gasteiger partial charge in [0.1, 0.15) is 0 Å². The average Bonchev–Trinajstić information content (AvgIpc) is 3.17. The number of aryl methyl sites for hydroxylation is 1. The lowest BCUT2D eigenvalue weighted by molar-refractivity contribution is 0.0257. The Kier molecular flexibility index (Phi) is 3.93. The van der Waals surface area contributed by atoms with E-state index in [1.54, 1.807) is 17.8 Å². The predicted octanol–water partition coefficient (Wildman–Crippen LogP) is 0.616. The Labute approximate surface area is 141 Å². The van der Waals surface area contributed by atoms with Gasteiger partial charge in [0.05, 0.1) is 31.2 Å². The summed E-state index contributed by atoms with van der Waals surface area (Å²) in [7, 11) is -1.91. The summed E-state index contributed by atoms with van der Waals surface area (Å²) in [5.41, 5.74) is 0.868. The van der Waals surface area contributed by atoms with Gasteiger partial charge >= 0.3 is 0 Å². The molecule has 8 nitrogen and oxygen atoms in total. The van der Waals surface area contributed by atoms with Crippen LogP contribution in [0.3, 0.4) is 0 Å². The Bertz CT molecular complexity index is 824. The molecule has 0 bridgehead atoms. The Hall–Kier alpha value is -1.71. The van der Waals surface area contributed by atoms with Gasteiger partial charge in [-0.15, -0.1) is 0 Å². The minimum absolute atomic E-state index is 0.0684. The highest BCUT2D eigenvalue weighted by Gasteiger charge is 2.34. The Balaban J connectivity index is 1.60. The summed E-state index contributed by atoms with van der Waals surface area (Å²) >= 11 is 0. The molecule has 2 aromatic heterocycles. The fraction of sp³-hybridized carbons (Fsp3) is 0.600. The molecule has 2 aromatic rings.